The lowest BCUT2D eigenvalue weighted by Gasteiger charge is -2.25. The van der Waals surface area contributed by atoms with Crippen LogP contribution in [0.1, 0.15) is 6.42 Å². The molecule has 3 heteroatoms. The molecule has 0 spiro atoms. The summed E-state index contributed by atoms with van der Waals surface area (Å²) in [5, 5.41) is 4.73. The number of benzene rings is 3. The summed E-state index contributed by atoms with van der Waals surface area (Å²) in [6.45, 7) is 0.734. The van der Waals surface area contributed by atoms with E-state index in [-0.39, 0.29) is 0 Å². The lowest BCUT2D eigenvalue weighted by atomic mass is 10.4. The molecule has 0 aromatic heterocycles. The van der Waals surface area contributed by atoms with Crippen molar-refractivity contribution in [1.29, 1.82) is 0 Å². The highest BCUT2D eigenvalue weighted by Gasteiger charge is 2.47. The van der Waals surface area contributed by atoms with E-state index < -0.39 is 7.49 Å². The summed E-state index contributed by atoms with van der Waals surface area (Å²) in [7, 11) is -2.10. The fourth-order valence-electron chi connectivity index (χ4n) is 2.84. The molecule has 3 aromatic rings. The van der Waals surface area contributed by atoms with E-state index in [0.29, 0.717) is 0 Å². The lowest BCUT2D eigenvalue weighted by molar-refractivity contribution is 0.356. The molecule has 1 nitrogen and oxygen atoms in total. The maximum Gasteiger partial charge on any atom is 0.242 e. The van der Waals surface area contributed by atoms with Gasteiger partial charge in [-0.25, -0.2) is 4.52 Å². The van der Waals surface area contributed by atoms with Crippen LogP contribution in [-0.2, 0) is 4.52 Å². The second kappa shape index (κ2) is 8.58. The maximum absolute atomic E-state index is 6.71. The number of hydrogen-bond acceptors (Lipinski definition) is 1. The van der Waals surface area contributed by atoms with Gasteiger partial charge in [0.2, 0.25) is 7.49 Å². The predicted octanol–water partition coefficient (Wildman–Crippen LogP) is 4.70. The Morgan fingerprint density at radius 2 is 1.00 bits per heavy atom. The number of halogens is 1. The van der Waals surface area contributed by atoms with Gasteiger partial charge in [0, 0.05) is 5.33 Å². The molecule has 122 valence electrons. The topological polar surface area (TPSA) is 9.23 Å². The van der Waals surface area contributed by atoms with Gasteiger partial charge in [0.25, 0.3) is 0 Å². The number of hydrogen-bond donors (Lipinski definition) is 0. The summed E-state index contributed by atoms with van der Waals surface area (Å²) < 4.78 is 6.71. The Morgan fingerprint density at radius 1 is 0.625 bits per heavy atom. The second-order valence-corrected chi connectivity index (χ2v) is 9.31. The van der Waals surface area contributed by atoms with Gasteiger partial charge in [-0.05, 0) is 42.8 Å². The summed E-state index contributed by atoms with van der Waals surface area (Å²) >= 11 is 3.52. The Balaban J connectivity index is 2.20. The lowest BCUT2D eigenvalue weighted by Crippen LogP contribution is -2.33. The van der Waals surface area contributed by atoms with Crippen LogP contribution >= 0.6 is 23.4 Å². The van der Waals surface area contributed by atoms with E-state index in [4.69, 9.17) is 4.52 Å². The van der Waals surface area contributed by atoms with E-state index in [1.54, 1.807) is 0 Å². The highest BCUT2D eigenvalue weighted by molar-refractivity contribution is 9.09. The molecule has 0 aliphatic rings. The summed E-state index contributed by atoms with van der Waals surface area (Å²) in [4.78, 5) is 0. The van der Waals surface area contributed by atoms with Crippen molar-refractivity contribution in [2.24, 2.45) is 0 Å². The minimum absolute atomic E-state index is 0.734. The van der Waals surface area contributed by atoms with E-state index in [1.165, 1.54) is 15.9 Å². The minimum atomic E-state index is -2.10. The van der Waals surface area contributed by atoms with Crippen molar-refractivity contribution in [3.63, 3.8) is 0 Å². The summed E-state index contributed by atoms with van der Waals surface area (Å²) in [5.41, 5.74) is 0. The van der Waals surface area contributed by atoms with E-state index in [2.05, 4.69) is 107 Å². The van der Waals surface area contributed by atoms with Crippen molar-refractivity contribution in [2.75, 3.05) is 11.9 Å². The van der Waals surface area contributed by atoms with E-state index >= 15 is 0 Å². The van der Waals surface area contributed by atoms with Crippen molar-refractivity contribution in [2.45, 2.75) is 6.42 Å². The molecule has 0 saturated carbocycles. The molecule has 0 saturated heterocycles. The first kappa shape index (κ1) is 17.4. The fourth-order valence-corrected chi connectivity index (χ4v) is 6.59. The number of alkyl halides is 1. The van der Waals surface area contributed by atoms with Crippen LogP contribution in [0.2, 0.25) is 0 Å². The number of rotatable bonds is 7. The molecule has 0 heterocycles. The molecule has 0 amide bonds. The van der Waals surface area contributed by atoms with Crippen LogP contribution in [0.5, 0.6) is 0 Å². The van der Waals surface area contributed by atoms with Crippen LogP contribution in [0.4, 0.5) is 0 Å². The highest BCUT2D eigenvalue weighted by atomic mass is 79.9. The van der Waals surface area contributed by atoms with E-state index in [9.17, 15) is 0 Å². The van der Waals surface area contributed by atoms with Gasteiger partial charge in [-0.1, -0.05) is 70.5 Å². The molecule has 3 rings (SSSR count). The average molecular weight is 400 g/mol. The van der Waals surface area contributed by atoms with Crippen LogP contribution in [-0.4, -0.2) is 11.9 Å². The van der Waals surface area contributed by atoms with Crippen molar-refractivity contribution in [3.05, 3.63) is 91.0 Å². The zero-order chi connectivity index (χ0) is 16.7. The van der Waals surface area contributed by atoms with Gasteiger partial charge in [-0.2, -0.15) is 0 Å². The SMILES string of the molecule is BrCCCO[P+](c1ccccc1)(c1ccccc1)c1ccccc1. The van der Waals surface area contributed by atoms with Gasteiger partial charge in [0.05, 0.1) is 6.61 Å². The van der Waals surface area contributed by atoms with Gasteiger partial charge in [-0.3, -0.25) is 0 Å². The fraction of sp³-hybridized carbons (Fsp3) is 0.143. The average Bonchev–Trinajstić information content (AvgIpc) is 2.68. The van der Waals surface area contributed by atoms with Crippen molar-refractivity contribution >= 4 is 39.3 Å². The third kappa shape index (κ3) is 3.62. The van der Waals surface area contributed by atoms with E-state index in [0.717, 1.165) is 18.4 Å². The molecule has 0 bridgehead atoms. The quantitative estimate of drug-likeness (QED) is 0.318. The van der Waals surface area contributed by atoms with E-state index in [1.807, 2.05) is 0 Å². The molecule has 0 atom stereocenters. The molecule has 0 unspecified atom stereocenters. The Bertz CT molecular complexity index is 635. The minimum Gasteiger partial charge on any atom is -0.222 e. The first-order valence-corrected chi connectivity index (χ1v) is 11.0. The normalized spacial score (nSPS) is 11.4. The summed E-state index contributed by atoms with van der Waals surface area (Å²) in [6, 6.07) is 32.0. The summed E-state index contributed by atoms with van der Waals surface area (Å²) in [6.07, 6.45) is 0.994. The van der Waals surface area contributed by atoms with Crippen LogP contribution in [0, 0.1) is 0 Å². The third-order valence-electron chi connectivity index (χ3n) is 3.92. The van der Waals surface area contributed by atoms with Gasteiger partial charge < -0.3 is 0 Å². The molecule has 3 aromatic carbocycles. The largest absolute Gasteiger partial charge is 0.242 e. The first-order valence-electron chi connectivity index (χ1n) is 8.14. The van der Waals surface area contributed by atoms with Crippen LogP contribution in [0.25, 0.3) is 0 Å². The first-order chi connectivity index (χ1) is 11.9. The molecule has 0 aliphatic carbocycles. The molecular formula is C21H21BrOP+. The molecule has 0 fully saturated rings. The molecule has 0 aliphatic heterocycles. The van der Waals surface area contributed by atoms with Gasteiger partial charge >= 0.3 is 0 Å². The second-order valence-electron chi connectivity index (χ2n) is 5.49. The highest BCUT2D eigenvalue weighted by Crippen LogP contribution is 2.56. The van der Waals surface area contributed by atoms with Crippen molar-refractivity contribution < 1.29 is 4.52 Å². The maximum atomic E-state index is 6.71. The molecule has 0 radical (unpaired) electrons. The monoisotopic (exact) mass is 399 g/mol. The van der Waals surface area contributed by atoms with Gasteiger partial charge in [0.15, 0.2) is 0 Å². The smallest absolute Gasteiger partial charge is 0.222 e. The van der Waals surface area contributed by atoms with Gasteiger partial charge in [-0.15, -0.1) is 0 Å². The standard InChI is InChI=1S/C21H21BrOP/c22-17-10-18-23-24(19-11-4-1-5-12-19,20-13-6-2-7-14-20)21-15-8-3-9-16-21/h1-9,11-16H,10,17-18H2/q+1. The Hall–Kier alpha value is -1.47. The van der Waals surface area contributed by atoms with Crippen LogP contribution in [0.3, 0.4) is 0 Å². The zero-order valence-electron chi connectivity index (χ0n) is 13.5. The molecule has 0 N–H and O–H groups in total. The van der Waals surface area contributed by atoms with Crippen molar-refractivity contribution in [1.82, 2.24) is 0 Å². The molecule has 24 heavy (non-hydrogen) atoms. The summed E-state index contributed by atoms with van der Waals surface area (Å²) in [5.74, 6) is 0. The van der Waals surface area contributed by atoms with Crippen LogP contribution in [0.15, 0.2) is 91.0 Å². The van der Waals surface area contributed by atoms with Crippen LogP contribution < -0.4 is 15.9 Å². The zero-order valence-corrected chi connectivity index (χ0v) is 16.0. The Morgan fingerprint density at radius 3 is 1.33 bits per heavy atom. The third-order valence-corrected chi connectivity index (χ3v) is 8.13. The Kier molecular flexibility index (Phi) is 6.20. The molecular weight excluding hydrogens is 379 g/mol. The Labute approximate surface area is 153 Å². The van der Waals surface area contributed by atoms with Gasteiger partial charge in [0.1, 0.15) is 15.9 Å². The predicted molar refractivity (Wildman–Crippen MR) is 110 cm³/mol. The van der Waals surface area contributed by atoms with Crippen molar-refractivity contribution in [3.8, 4) is 0 Å².